The highest BCUT2D eigenvalue weighted by atomic mass is 35.5. The molecule has 1 amide bonds. The second-order valence-electron chi connectivity index (χ2n) is 5.71. The van der Waals surface area contributed by atoms with Crippen LogP contribution in [0.15, 0.2) is 80.6 Å². The SMILES string of the molecule is Cc1cccc(NC(=O)C(C#N)=Cc2ccc(Sc3ccc(Cl)cc3)o2)c1. The molecule has 0 saturated carbocycles. The van der Waals surface area contributed by atoms with Gasteiger partial charge >= 0.3 is 0 Å². The maximum atomic E-state index is 12.3. The van der Waals surface area contributed by atoms with E-state index in [-0.39, 0.29) is 5.57 Å². The van der Waals surface area contributed by atoms with Gasteiger partial charge in [0.15, 0.2) is 5.09 Å². The van der Waals surface area contributed by atoms with Gasteiger partial charge in [-0.3, -0.25) is 4.79 Å². The van der Waals surface area contributed by atoms with Crippen LogP contribution in [-0.2, 0) is 4.79 Å². The minimum Gasteiger partial charge on any atom is -0.450 e. The van der Waals surface area contributed by atoms with Gasteiger partial charge in [-0.2, -0.15) is 5.26 Å². The van der Waals surface area contributed by atoms with Gasteiger partial charge in [0.2, 0.25) is 0 Å². The van der Waals surface area contributed by atoms with E-state index in [0.29, 0.717) is 21.6 Å². The molecule has 27 heavy (non-hydrogen) atoms. The van der Waals surface area contributed by atoms with Crippen LogP contribution in [0.1, 0.15) is 11.3 Å². The summed E-state index contributed by atoms with van der Waals surface area (Å²) in [5.41, 5.74) is 1.62. The normalized spacial score (nSPS) is 11.1. The zero-order valence-corrected chi connectivity index (χ0v) is 16.0. The Kier molecular flexibility index (Phi) is 6.02. The van der Waals surface area contributed by atoms with Crippen LogP contribution in [0.5, 0.6) is 0 Å². The molecule has 0 unspecified atom stereocenters. The van der Waals surface area contributed by atoms with Crippen molar-refractivity contribution in [2.75, 3.05) is 5.32 Å². The highest BCUT2D eigenvalue weighted by Gasteiger charge is 2.11. The molecule has 0 saturated heterocycles. The van der Waals surface area contributed by atoms with Crippen LogP contribution in [0.2, 0.25) is 5.02 Å². The van der Waals surface area contributed by atoms with E-state index in [1.807, 2.05) is 43.3 Å². The van der Waals surface area contributed by atoms with E-state index in [4.69, 9.17) is 16.0 Å². The van der Waals surface area contributed by atoms with Gasteiger partial charge in [0.05, 0.1) is 0 Å². The van der Waals surface area contributed by atoms with E-state index in [2.05, 4.69) is 5.32 Å². The fourth-order valence-corrected chi connectivity index (χ4v) is 3.20. The minimum atomic E-state index is -0.480. The molecule has 1 aromatic heterocycles. The molecule has 0 aliphatic heterocycles. The summed E-state index contributed by atoms with van der Waals surface area (Å²) < 4.78 is 5.69. The van der Waals surface area contributed by atoms with Crippen LogP contribution in [0, 0.1) is 18.3 Å². The van der Waals surface area contributed by atoms with E-state index >= 15 is 0 Å². The molecule has 0 atom stereocenters. The van der Waals surface area contributed by atoms with Crippen LogP contribution in [0.3, 0.4) is 0 Å². The van der Waals surface area contributed by atoms with Gasteiger partial charge in [-0.25, -0.2) is 0 Å². The molecule has 0 bridgehead atoms. The number of benzene rings is 2. The second-order valence-corrected chi connectivity index (χ2v) is 7.22. The van der Waals surface area contributed by atoms with Crippen LogP contribution in [0.25, 0.3) is 6.08 Å². The van der Waals surface area contributed by atoms with Crippen LogP contribution >= 0.6 is 23.4 Å². The molecule has 1 heterocycles. The summed E-state index contributed by atoms with van der Waals surface area (Å²) in [4.78, 5) is 13.3. The van der Waals surface area contributed by atoms with Gasteiger partial charge in [-0.1, -0.05) is 35.5 Å². The number of aryl methyl sites for hydroxylation is 1. The number of nitriles is 1. The Balaban J connectivity index is 1.72. The molecule has 3 rings (SSSR count). The van der Waals surface area contributed by atoms with Crippen molar-refractivity contribution < 1.29 is 9.21 Å². The molecule has 0 spiro atoms. The number of anilines is 1. The Hall–Kier alpha value is -2.94. The van der Waals surface area contributed by atoms with E-state index in [1.165, 1.54) is 17.8 Å². The number of carbonyl (C=O) groups is 1. The number of halogens is 1. The minimum absolute atomic E-state index is 0.0334. The number of nitrogens with one attached hydrogen (secondary N) is 1. The molecule has 0 aliphatic rings. The Morgan fingerprint density at radius 3 is 2.67 bits per heavy atom. The van der Waals surface area contributed by atoms with Crippen molar-refractivity contribution in [3.05, 3.63) is 82.6 Å². The molecule has 0 aliphatic carbocycles. The molecule has 1 N–H and O–H groups in total. The fourth-order valence-electron chi connectivity index (χ4n) is 2.30. The Morgan fingerprint density at radius 2 is 1.96 bits per heavy atom. The lowest BCUT2D eigenvalue weighted by Crippen LogP contribution is -2.13. The first-order valence-corrected chi connectivity index (χ1v) is 9.26. The van der Waals surface area contributed by atoms with Crippen molar-refractivity contribution in [2.24, 2.45) is 0 Å². The summed E-state index contributed by atoms with van der Waals surface area (Å²) in [7, 11) is 0. The summed E-state index contributed by atoms with van der Waals surface area (Å²) in [5, 5.41) is 13.4. The maximum Gasteiger partial charge on any atom is 0.266 e. The third-order valence-electron chi connectivity index (χ3n) is 3.56. The summed E-state index contributed by atoms with van der Waals surface area (Å²) in [6.07, 6.45) is 1.43. The summed E-state index contributed by atoms with van der Waals surface area (Å²) >= 11 is 7.31. The molecule has 0 radical (unpaired) electrons. The average molecular weight is 395 g/mol. The van der Waals surface area contributed by atoms with Gasteiger partial charge in [-0.05, 0) is 61.0 Å². The van der Waals surface area contributed by atoms with E-state index in [0.717, 1.165) is 10.5 Å². The largest absolute Gasteiger partial charge is 0.450 e. The van der Waals surface area contributed by atoms with E-state index in [1.54, 1.807) is 30.3 Å². The highest BCUT2D eigenvalue weighted by Crippen LogP contribution is 2.30. The van der Waals surface area contributed by atoms with Crippen molar-refractivity contribution in [3.63, 3.8) is 0 Å². The van der Waals surface area contributed by atoms with Crippen LogP contribution in [-0.4, -0.2) is 5.91 Å². The van der Waals surface area contributed by atoms with Gasteiger partial charge in [0.1, 0.15) is 17.4 Å². The Bertz CT molecular complexity index is 1030. The molecular formula is C21H15ClN2O2S. The van der Waals surface area contributed by atoms with Crippen LogP contribution < -0.4 is 5.32 Å². The van der Waals surface area contributed by atoms with Crippen molar-refractivity contribution in [1.82, 2.24) is 0 Å². The Labute approximate surface area is 166 Å². The lowest BCUT2D eigenvalue weighted by Gasteiger charge is -2.04. The number of hydrogen-bond acceptors (Lipinski definition) is 4. The van der Waals surface area contributed by atoms with Crippen molar-refractivity contribution in [1.29, 1.82) is 5.26 Å². The quantitative estimate of drug-likeness (QED) is 0.429. The number of hydrogen-bond donors (Lipinski definition) is 1. The fraction of sp³-hybridized carbons (Fsp3) is 0.0476. The van der Waals surface area contributed by atoms with Crippen LogP contribution in [0.4, 0.5) is 5.69 Å². The maximum absolute atomic E-state index is 12.3. The molecule has 3 aromatic rings. The molecular weight excluding hydrogens is 380 g/mol. The molecule has 2 aromatic carbocycles. The smallest absolute Gasteiger partial charge is 0.266 e. The Morgan fingerprint density at radius 1 is 1.19 bits per heavy atom. The van der Waals surface area contributed by atoms with Gasteiger partial charge in [-0.15, -0.1) is 0 Å². The zero-order chi connectivity index (χ0) is 19.2. The first-order valence-electron chi connectivity index (χ1n) is 8.06. The third kappa shape index (κ3) is 5.27. The number of carbonyl (C=O) groups excluding carboxylic acids is 1. The lowest BCUT2D eigenvalue weighted by atomic mass is 10.2. The summed E-state index contributed by atoms with van der Waals surface area (Å²) in [6, 6.07) is 20.2. The average Bonchev–Trinajstić information content (AvgIpc) is 3.08. The standard InChI is InChI=1S/C21H15ClN2O2S/c1-14-3-2-4-17(11-14)24-21(25)15(13-23)12-18-7-10-20(26-18)27-19-8-5-16(22)6-9-19/h2-12H,1H3,(H,24,25). The molecule has 4 nitrogen and oxygen atoms in total. The first-order chi connectivity index (χ1) is 13.0. The number of amides is 1. The van der Waals surface area contributed by atoms with Crippen molar-refractivity contribution in [2.45, 2.75) is 16.9 Å². The topological polar surface area (TPSA) is 66.0 Å². The molecule has 6 heteroatoms. The van der Waals surface area contributed by atoms with Gasteiger partial charge in [0.25, 0.3) is 5.91 Å². The molecule has 134 valence electrons. The van der Waals surface area contributed by atoms with Gasteiger partial charge < -0.3 is 9.73 Å². The van der Waals surface area contributed by atoms with E-state index < -0.39 is 5.91 Å². The van der Waals surface area contributed by atoms with Crippen molar-refractivity contribution in [3.8, 4) is 6.07 Å². The molecule has 0 fully saturated rings. The first kappa shape index (κ1) is 18.8. The number of nitrogens with zero attached hydrogens (tertiary/aromatic N) is 1. The zero-order valence-electron chi connectivity index (χ0n) is 14.4. The number of furan rings is 1. The van der Waals surface area contributed by atoms with Gasteiger partial charge in [0, 0.05) is 21.7 Å². The van der Waals surface area contributed by atoms with E-state index in [9.17, 15) is 10.1 Å². The number of rotatable bonds is 5. The van der Waals surface area contributed by atoms with Crippen molar-refractivity contribution >= 4 is 41.0 Å². The monoisotopic (exact) mass is 394 g/mol. The lowest BCUT2D eigenvalue weighted by molar-refractivity contribution is -0.112. The highest BCUT2D eigenvalue weighted by molar-refractivity contribution is 7.99. The third-order valence-corrected chi connectivity index (χ3v) is 4.74. The predicted molar refractivity (Wildman–Crippen MR) is 108 cm³/mol. The summed E-state index contributed by atoms with van der Waals surface area (Å²) in [5.74, 6) is -0.0474. The second kappa shape index (κ2) is 8.63. The summed E-state index contributed by atoms with van der Waals surface area (Å²) in [6.45, 7) is 1.93. The predicted octanol–water partition coefficient (Wildman–Crippen LogP) is 5.94.